The van der Waals surface area contributed by atoms with Gasteiger partial charge in [0.15, 0.2) is 11.9 Å². The number of ether oxygens (including phenoxy) is 4. The summed E-state index contributed by atoms with van der Waals surface area (Å²) in [6.07, 6.45) is -2.19. The number of carbonyl (C=O) groups excluding carboxylic acids is 3. The van der Waals surface area contributed by atoms with Gasteiger partial charge in [-0.3, -0.25) is 4.79 Å². The lowest BCUT2D eigenvalue weighted by atomic mass is 9.90. The smallest absolute Gasteiger partial charge is 0.350 e. The third kappa shape index (κ3) is 6.99. The van der Waals surface area contributed by atoms with Crippen molar-refractivity contribution >= 4 is 23.8 Å². The van der Waals surface area contributed by atoms with Crippen LogP contribution in [0, 0.1) is 0 Å². The molecule has 5 N–H and O–H groups in total. The van der Waals surface area contributed by atoms with Gasteiger partial charge >= 0.3 is 11.9 Å². The molecule has 6 atom stereocenters. The van der Waals surface area contributed by atoms with Crippen LogP contribution in [0.25, 0.3) is 6.08 Å². The van der Waals surface area contributed by atoms with Gasteiger partial charge in [0.05, 0.1) is 6.61 Å². The average molecular weight is 571 g/mol. The highest BCUT2D eigenvalue weighted by atomic mass is 16.7. The maximum absolute atomic E-state index is 12.6. The normalized spacial score (nSPS) is 27.9. The number of phenolic OH excluding ortho intramolecular Hbond substituents is 1. The van der Waals surface area contributed by atoms with Gasteiger partial charge in [-0.15, -0.1) is 0 Å². The molecular formula is C29H30O12. The van der Waals surface area contributed by atoms with Crippen molar-refractivity contribution in [2.45, 2.75) is 55.8 Å². The lowest BCUT2D eigenvalue weighted by Crippen LogP contribution is -2.61. The van der Waals surface area contributed by atoms with E-state index in [1.807, 2.05) is 0 Å². The topological polar surface area (TPSA) is 189 Å². The standard InChI is InChI=1S/C29H30O12/c30-15-21-24(34)25(35)26(41-23(33)13-10-17-8-11-19(31)12-9-17)27(40-21)39-20-6-2-1-5-18(20)16-38-28(36)29(37)14-4-3-7-22(29)32/h1-2,4-6,8-14,21,24-27,30-31,34-35,37H,3,7,15-16H2/b13-10+/t21-,24-,25+,26-,27-,29-/m1/s1. The lowest BCUT2D eigenvalue weighted by Gasteiger charge is -2.41. The van der Waals surface area contributed by atoms with Crippen LogP contribution < -0.4 is 4.74 Å². The van der Waals surface area contributed by atoms with Crippen LogP contribution in [0.1, 0.15) is 24.0 Å². The van der Waals surface area contributed by atoms with Crippen molar-refractivity contribution < 1.29 is 58.9 Å². The van der Waals surface area contributed by atoms with Gasteiger partial charge in [-0.1, -0.05) is 36.4 Å². The molecule has 2 aromatic rings. The minimum Gasteiger partial charge on any atom is -0.508 e. The molecule has 4 rings (SSSR count). The number of carbonyl (C=O) groups is 3. The summed E-state index contributed by atoms with van der Waals surface area (Å²) in [6.45, 7) is -1.10. The third-order valence-electron chi connectivity index (χ3n) is 6.59. The lowest BCUT2D eigenvalue weighted by molar-refractivity contribution is -0.281. The molecule has 12 nitrogen and oxygen atoms in total. The fourth-order valence-electron chi connectivity index (χ4n) is 4.25. The molecule has 1 heterocycles. The van der Waals surface area contributed by atoms with Gasteiger partial charge in [-0.05, 0) is 42.3 Å². The first-order valence-corrected chi connectivity index (χ1v) is 12.8. The monoisotopic (exact) mass is 570 g/mol. The molecule has 12 heteroatoms. The predicted molar refractivity (Wildman–Crippen MR) is 140 cm³/mol. The Bertz CT molecular complexity index is 1300. The Morgan fingerprint density at radius 1 is 1.07 bits per heavy atom. The number of phenols is 1. The van der Waals surface area contributed by atoms with E-state index in [1.165, 1.54) is 36.4 Å². The molecule has 0 saturated carbocycles. The Hall–Kier alpha value is -4.07. The minimum atomic E-state index is -2.39. The molecule has 1 aliphatic heterocycles. The van der Waals surface area contributed by atoms with E-state index in [-0.39, 0.29) is 23.5 Å². The van der Waals surface area contributed by atoms with Crippen molar-refractivity contribution in [3.8, 4) is 11.5 Å². The zero-order valence-electron chi connectivity index (χ0n) is 21.7. The Morgan fingerprint density at radius 2 is 1.80 bits per heavy atom. The summed E-state index contributed by atoms with van der Waals surface area (Å²) in [5, 5.41) is 50.6. The van der Waals surface area contributed by atoms with Gasteiger partial charge in [-0.25, -0.2) is 9.59 Å². The van der Waals surface area contributed by atoms with Crippen LogP contribution >= 0.6 is 0 Å². The number of aliphatic hydroxyl groups excluding tert-OH is 3. The summed E-state index contributed by atoms with van der Waals surface area (Å²) in [4.78, 5) is 37.2. The van der Waals surface area contributed by atoms with E-state index >= 15 is 0 Å². The van der Waals surface area contributed by atoms with Crippen molar-refractivity contribution in [3.05, 3.63) is 77.9 Å². The maximum Gasteiger partial charge on any atom is 0.350 e. The second kappa shape index (κ2) is 13.1. The number of esters is 2. The van der Waals surface area contributed by atoms with Gasteiger partial charge in [0.25, 0.3) is 0 Å². The van der Waals surface area contributed by atoms with Crippen molar-refractivity contribution in [3.63, 3.8) is 0 Å². The number of benzene rings is 2. The largest absolute Gasteiger partial charge is 0.508 e. The molecule has 0 spiro atoms. The average Bonchev–Trinajstić information content (AvgIpc) is 2.97. The predicted octanol–water partition coefficient (Wildman–Crippen LogP) is 0.529. The van der Waals surface area contributed by atoms with Gasteiger partial charge in [0.2, 0.25) is 11.9 Å². The van der Waals surface area contributed by atoms with Crippen molar-refractivity contribution in [2.75, 3.05) is 6.61 Å². The number of aliphatic hydroxyl groups is 4. The van der Waals surface area contributed by atoms with Crippen LogP contribution in [-0.2, 0) is 35.2 Å². The van der Waals surface area contributed by atoms with Crippen LogP contribution in [-0.4, -0.2) is 86.2 Å². The zero-order chi connectivity index (χ0) is 29.6. The number of allylic oxidation sites excluding steroid dienone is 1. The van der Waals surface area contributed by atoms with Crippen LogP contribution in [0.4, 0.5) is 0 Å². The van der Waals surface area contributed by atoms with Crippen LogP contribution in [0.5, 0.6) is 11.5 Å². The maximum atomic E-state index is 12.6. The molecule has 218 valence electrons. The molecule has 41 heavy (non-hydrogen) atoms. The summed E-state index contributed by atoms with van der Waals surface area (Å²) in [7, 11) is 0. The van der Waals surface area contributed by atoms with E-state index < -0.39 is 67.2 Å². The number of aromatic hydroxyl groups is 1. The van der Waals surface area contributed by atoms with Crippen LogP contribution in [0.3, 0.4) is 0 Å². The highest BCUT2D eigenvalue weighted by molar-refractivity contribution is 6.09. The summed E-state index contributed by atoms with van der Waals surface area (Å²) in [5.41, 5.74) is -1.53. The molecule has 0 unspecified atom stereocenters. The van der Waals surface area contributed by atoms with Crippen molar-refractivity contribution in [1.29, 1.82) is 0 Å². The fourth-order valence-corrected chi connectivity index (χ4v) is 4.25. The quantitative estimate of drug-likeness (QED) is 0.122. The minimum absolute atomic E-state index is 0.00868. The zero-order valence-corrected chi connectivity index (χ0v) is 21.7. The summed E-state index contributed by atoms with van der Waals surface area (Å²) >= 11 is 0. The van der Waals surface area contributed by atoms with Gasteiger partial charge in [0, 0.05) is 18.1 Å². The van der Waals surface area contributed by atoms with Gasteiger partial charge in [0.1, 0.15) is 36.4 Å². The van der Waals surface area contributed by atoms with Crippen LogP contribution in [0.15, 0.2) is 66.8 Å². The van der Waals surface area contributed by atoms with E-state index in [0.717, 1.165) is 12.2 Å². The number of hydrogen-bond donors (Lipinski definition) is 5. The Kier molecular flexibility index (Phi) is 9.53. The van der Waals surface area contributed by atoms with Gasteiger partial charge < -0.3 is 44.5 Å². The number of ketones is 1. The Morgan fingerprint density at radius 3 is 2.51 bits per heavy atom. The molecule has 0 radical (unpaired) electrons. The number of rotatable bonds is 9. The summed E-state index contributed by atoms with van der Waals surface area (Å²) < 4.78 is 22.0. The molecule has 0 aromatic heterocycles. The van der Waals surface area contributed by atoms with E-state index in [4.69, 9.17) is 18.9 Å². The summed E-state index contributed by atoms with van der Waals surface area (Å²) in [6, 6.07) is 12.2. The van der Waals surface area contributed by atoms with E-state index in [0.29, 0.717) is 12.0 Å². The summed E-state index contributed by atoms with van der Waals surface area (Å²) in [5.74, 6) is -2.63. The van der Waals surface area contributed by atoms with E-state index in [1.54, 1.807) is 24.3 Å². The molecule has 1 aliphatic carbocycles. The first kappa shape index (κ1) is 29.9. The Labute approximate surface area is 234 Å². The molecule has 0 bridgehead atoms. The highest BCUT2D eigenvalue weighted by Crippen LogP contribution is 2.29. The van der Waals surface area contributed by atoms with Crippen molar-refractivity contribution in [1.82, 2.24) is 0 Å². The number of hydrogen-bond acceptors (Lipinski definition) is 12. The fraction of sp³-hybridized carbons (Fsp3) is 0.345. The highest BCUT2D eigenvalue weighted by Gasteiger charge is 2.48. The van der Waals surface area contributed by atoms with Crippen molar-refractivity contribution in [2.24, 2.45) is 0 Å². The molecular weight excluding hydrogens is 540 g/mol. The first-order chi connectivity index (χ1) is 19.6. The third-order valence-corrected chi connectivity index (χ3v) is 6.59. The van der Waals surface area contributed by atoms with Gasteiger partial charge in [-0.2, -0.15) is 0 Å². The molecule has 2 aromatic carbocycles. The Balaban J connectivity index is 1.49. The van der Waals surface area contributed by atoms with Crippen LogP contribution in [0.2, 0.25) is 0 Å². The number of para-hydroxylation sites is 1. The first-order valence-electron chi connectivity index (χ1n) is 12.8. The van der Waals surface area contributed by atoms with E-state index in [2.05, 4.69) is 0 Å². The number of Topliss-reactive ketones (excluding diaryl/α,β-unsaturated/α-hetero) is 1. The molecule has 2 aliphatic rings. The SMILES string of the molecule is O=C(/C=C/c1ccc(O)cc1)O[C@H]1[C@H](Oc2ccccc2COC(=O)[C@@]2(O)C=CCCC2=O)O[C@H](CO)[C@@H](O)[C@@H]1O. The molecule has 1 fully saturated rings. The molecule has 1 saturated heterocycles. The van der Waals surface area contributed by atoms with E-state index in [9.17, 15) is 39.9 Å². The second-order valence-corrected chi connectivity index (χ2v) is 9.47. The molecule has 0 amide bonds. The second-order valence-electron chi connectivity index (χ2n) is 9.47.